The summed E-state index contributed by atoms with van der Waals surface area (Å²) in [6.07, 6.45) is 0. The Morgan fingerprint density at radius 3 is 2.84 bits per heavy atom. The molecule has 0 fully saturated rings. The largest absolute Gasteiger partial charge is 0.361 e. The molecule has 0 aliphatic rings. The first-order chi connectivity index (χ1) is 8.97. The minimum atomic E-state index is -0.473. The third-order valence-electron chi connectivity index (χ3n) is 2.49. The number of nitro groups is 1. The molecule has 19 heavy (non-hydrogen) atoms. The molecule has 0 unspecified atom stereocenters. The molecule has 0 spiro atoms. The zero-order chi connectivity index (χ0) is 14.0. The van der Waals surface area contributed by atoms with E-state index in [1.54, 1.807) is 31.0 Å². The van der Waals surface area contributed by atoms with Gasteiger partial charge in [0.05, 0.1) is 11.5 Å². The number of anilines is 1. The number of halogens is 1. The summed E-state index contributed by atoms with van der Waals surface area (Å²) >= 11 is 5.77. The Balaban J connectivity index is 2.28. The van der Waals surface area contributed by atoms with Gasteiger partial charge in [0.15, 0.2) is 5.82 Å². The van der Waals surface area contributed by atoms with Crippen molar-refractivity contribution in [3.8, 4) is 0 Å². The van der Waals surface area contributed by atoms with E-state index in [0.717, 1.165) is 0 Å². The van der Waals surface area contributed by atoms with Crippen LogP contribution in [0.15, 0.2) is 22.7 Å². The lowest BCUT2D eigenvalue weighted by molar-refractivity contribution is -0.384. The highest BCUT2D eigenvalue weighted by Crippen LogP contribution is 2.30. The minimum Gasteiger partial charge on any atom is -0.361 e. The van der Waals surface area contributed by atoms with E-state index < -0.39 is 4.92 Å². The maximum Gasteiger partial charge on any atom is 0.294 e. The number of benzene rings is 1. The number of nitrogens with zero attached hydrogens (tertiary/aromatic N) is 4. The van der Waals surface area contributed by atoms with Crippen molar-refractivity contribution in [2.45, 2.75) is 13.5 Å². The van der Waals surface area contributed by atoms with Gasteiger partial charge in [-0.1, -0.05) is 16.8 Å². The SMILES string of the molecule is Cc1nc(CN(C)c2ccc(Cl)cc2[N+](=O)[O-])no1. The van der Waals surface area contributed by atoms with Crippen molar-refractivity contribution in [3.63, 3.8) is 0 Å². The van der Waals surface area contributed by atoms with Gasteiger partial charge in [0, 0.05) is 25.1 Å². The van der Waals surface area contributed by atoms with E-state index in [4.69, 9.17) is 16.1 Å². The number of aromatic nitrogens is 2. The molecule has 0 aliphatic carbocycles. The van der Waals surface area contributed by atoms with E-state index in [1.807, 2.05) is 0 Å². The molecule has 1 aromatic carbocycles. The molecule has 8 heteroatoms. The predicted molar refractivity (Wildman–Crippen MR) is 69.2 cm³/mol. The maximum atomic E-state index is 11.0. The number of aryl methyl sites for hydroxylation is 1. The van der Waals surface area contributed by atoms with Gasteiger partial charge in [-0.3, -0.25) is 10.1 Å². The molecule has 1 aromatic heterocycles. The molecule has 0 bridgehead atoms. The highest BCUT2D eigenvalue weighted by molar-refractivity contribution is 6.30. The second kappa shape index (κ2) is 5.23. The van der Waals surface area contributed by atoms with Gasteiger partial charge in [0.2, 0.25) is 5.89 Å². The van der Waals surface area contributed by atoms with Gasteiger partial charge in [-0.05, 0) is 12.1 Å². The zero-order valence-corrected chi connectivity index (χ0v) is 11.1. The number of hydrogen-bond donors (Lipinski definition) is 0. The van der Waals surface area contributed by atoms with Gasteiger partial charge < -0.3 is 9.42 Å². The summed E-state index contributed by atoms with van der Waals surface area (Å²) in [5.74, 6) is 0.915. The predicted octanol–water partition coefficient (Wildman–Crippen LogP) is 2.58. The van der Waals surface area contributed by atoms with E-state index in [2.05, 4.69) is 10.1 Å². The molecular weight excluding hydrogens is 272 g/mol. The number of hydrogen-bond acceptors (Lipinski definition) is 6. The highest BCUT2D eigenvalue weighted by atomic mass is 35.5. The highest BCUT2D eigenvalue weighted by Gasteiger charge is 2.19. The summed E-state index contributed by atoms with van der Waals surface area (Å²) < 4.78 is 4.86. The molecule has 0 amide bonds. The van der Waals surface area contributed by atoms with Crippen molar-refractivity contribution < 1.29 is 9.45 Å². The monoisotopic (exact) mass is 282 g/mol. The molecule has 0 radical (unpaired) electrons. The van der Waals surface area contributed by atoms with Crippen molar-refractivity contribution in [1.82, 2.24) is 10.1 Å². The van der Waals surface area contributed by atoms with Crippen molar-refractivity contribution in [2.24, 2.45) is 0 Å². The van der Waals surface area contributed by atoms with Gasteiger partial charge in [-0.25, -0.2) is 0 Å². The summed E-state index contributed by atoms with van der Waals surface area (Å²) in [4.78, 5) is 16.3. The fourth-order valence-corrected chi connectivity index (χ4v) is 1.83. The van der Waals surface area contributed by atoms with Crippen LogP contribution < -0.4 is 4.90 Å². The molecule has 0 atom stereocenters. The van der Waals surface area contributed by atoms with E-state index >= 15 is 0 Å². The standard InChI is InChI=1S/C11H11ClN4O3/c1-7-13-11(14-19-7)6-15(2)9-4-3-8(12)5-10(9)16(17)18/h3-5H,6H2,1-2H3. The quantitative estimate of drug-likeness (QED) is 0.633. The second-order valence-electron chi connectivity index (χ2n) is 3.98. The number of rotatable bonds is 4. The maximum absolute atomic E-state index is 11.0. The lowest BCUT2D eigenvalue weighted by Crippen LogP contribution is -2.18. The van der Waals surface area contributed by atoms with Crippen molar-refractivity contribution in [3.05, 3.63) is 45.1 Å². The normalized spacial score (nSPS) is 10.5. The summed E-state index contributed by atoms with van der Waals surface area (Å²) in [6, 6.07) is 4.50. The summed E-state index contributed by atoms with van der Waals surface area (Å²) in [7, 11) is 1.71. The Morgan fingerprint density at radius 1 is 1.53 bits per heavy atom. The lowest BCUT2D eigenvalue weighted by atomic mass is 10.2. The first kappa shape index (κ1) is 13.3. The Labute approximate surface area is 113 Å². The lowest BCUT2D eigenvalue weighted by Gasteiger charge is -2.17. The Morgan fingerprint density at radius 2 is 2.26 bits per heavy atom. The molecule has 100 valence electrons. The zero-order valence-electron chi connectivity index (χ0n) is 10.3. The molecule has 0 aliphatic heterocycles. The molecule has 2 rings (SSSR count). The minimum absolute atomic E-state index is 0.0600. The van der Waals surface area contributed by atoms with Crippen LogP contribution in [-0.2, 0) is 6.54 Å². The van der Waals surface area contributed by atoms with E-state index in [9.17, 15) is 10.1 Å². The van der Waals surface area contributed by atoms with Crippen LogP contribution in [0.5, 0.6) is 0 Å². The molecule has 2 aromatic rings. The van der Waals surface area contributed by atoms with Crippen LogP contribution in [0.3, 0.4) is 0 Å². The van der Waals surface area contributed by atoms with Gasteiger partial charge >= 0.3 is 0 Å². The molecule has 0 saturated carbocycles. The van der Waals surface area contributed by atoms with Crippen LogP contribution in [0.1, 0.15) is 11.7 Å². The summed E-state index contributed by atoms with van der Waals surface area (Å²) in [5, 5.41) is 15.1. The first-order valence-corrected chi connectivity index (χ1v) is 5.79. The van der Waals surface area contributed by atoms with Gasteiger partial charge in [0.1, 0.15) is 5.69 Å². The Kier molecular flexibility index (Phi) is 3.66. The van der Waals surface area contributed by atoms with Crippen LogP contribution in [0, 0.1) is 17.0 Å². The van der Waals surface area contributed by atoms with Gasteiger partial charge in [-0.2, -0.15) is 4.98 Å². The van der Waals surface area contributed by atoms with Crippen LogP contribution in [0.25, 0.3) is 0 Å². The molecule has 0 N–H and O–H groups in total. The molecule has 7 nitrogen and oxygen atoms in total. The molecular formula is C11H11ClN4O3. The van der Waals surface area contributed by atoms with Crippen molar-refractivity contribution in [2.75, 3.05) is 11.9 Å². The van der Waals surface area contributed by atoms with Crippen LogP contribution in [0.4, 0.5) is 11.4 Å². The van der Waals surface area contributed by atoms with E-state index in [0.29, 0.717) is 29.0 Å². The average Bonchev–Trinajstić information content (AvgIpc) is 2.74. The third kappa shape index (κ3) is 3.00. The van der Waals surface area contributed by atoms with Crippen molar-refractivity contribution >= 4 is 23.0 Å². The Hall–Kier alpha value is -2.15. The summed E-state index contributed by atoms with van der Waals surface area (Å²) in [5.41, 5.74) is 0.382. The summed E-state index contributed by atoms with van der Waals surface area (Å²) in [6.45, 7) is 1.99. The van der Waals surface area contributed by atoms with Gasteiger partial charge in [0.25, 0.3) is 5.69 Å². The van der Waals surface area contributed by atoms with Crippen LogP contribution in [0.2, 0.25) is 5.02 Å². The number of nitro benzene ring substituents is 1. The van der Waals surface area contributed by atoms with Crippen LogP contribution >= 0.6 is 11.6 Å². The third-order valence-corrected chi connectivity index (χ3v) is 2.73. The molecule has 0 saturated heterocycles. The first-order valence-electron chi connectivity index (χ1n) is 5.41. The average molecular weight is 283 g/mol. The molecule has 1 heterocycles. The fraction of sp³-hybridized carbons (Fsp3) is 0.273. The van der Waals surface area contributed by atoms with Gasteiger partial charge in [-0.15, -0.1) is 0 Å². The van der Waals surface area contributed by atoms with Crippen LogP contribution in [-0.4, -0.2) is 22.1 Å². The topological polar surface area (TPSA) is 85.3 Å². The Bertz CT molecular complexity index is 614. The van der Waals surface area contributed by atoms with E-state index in [-0.39, 0.29) is 5.69 Å². The van der Waals surface area contributed by atoms with E-state index in [1.165, 1.54) is 6.07 Å². The fourth-order valence-electron chi connectivity index (χ4n) is 1.67. The van der Waals surface area contributed by atoms with Crippen molar-refractivity contribution in [1.29, 1.82) is 0 Å². The smallest absolute Gasteiger partial charge is 0.294 e. The second-order valence-corrected chi connectivity index (χ2v) is 4.41.